The molecule has 1 atom stereocenters. The van der Waals surface area contributed by atoms with E-state index in [-0.39, 0.29) is 11.8 Å². The summed E-state index contributed by atoms with van der Waals surface area (Å²) in [5, 5.41) is 9.07. The summed E-state index contributed by atoms with van der Waals surface area (Å²) in [5.74, 6) is -0.0759. The number of hydrogen-bond donors (Lipinski definition) is 3. The molecule has 146 valence electrons. The van der Waals surface area contributed by atoms with Gasteiger partial charge in [-0.3, -0.25) is 4.79 Å². The first-order valence-electron chi connectivity index (χ1n) is 8.92. The fourth-order valence-corrected chi connectivity index (χ4v) is 3.69. The van der Waals surface area contributed by atoms with Gasteiger partial charge in [-0.05, 0) is 36.1 Å². The molecule has 1 heterocycles. The number of nitrogens with one attached hydrogen (secondary N) is 3. The molecule has 0 bridgehead atoms. The lowest BCUT2D eigenvalue weighted by molar-refractivity contribution is -0.113. The number of halogens is 2. The van der Waals surface area contributed by atoms with Gasteiger partial charge in [-0.25, -0.2) is 4.79 Å². The minimum absolute atomic E-state index is 0.244. The number of carbonyl (C=O) groups is 2. The predicted octanol–water partition coefficient (Wildman–Crippen LogP) is 5.38. The number of amides is 3. The summed E-state index contributed by atoms with van der Waals surface area (Å²) >= 11 is 12.5. The molecule has 1 aliphatic rings. The molecule has 0 unspecified atom stereocenters. The van der Waals surface area contributed by atoms with Crippen LogP contribution in [0.15, 0.2) is 53.7 Å². The molecule has 7 heteroatoms. The lowest BCUT2D eigenvalue weighted by Crippen LogP contribution is -2.46. The van der Waals surface area contributed by atoms with Crippen molar-refractivity contribution in [3.8, 4) is 0 Å². The molecule has 1 aliphatic heterocycles. The van der Waals surface area contributed by atoms with Crippen molar-refractivity contribution in [1.29, 1.82) is 0 Å². The van der Waals surface area contributed by atoms with E-state index < -0.39 is 12.1 Å². The fourth-order valence-electron chi connectivity index (χ4n) is 3.28. The average molecular weight is 418 g/mol. The van der Waals surface area contributed by atoms with E-state index >= 15 is 0 Å². The lowest BCUT2D eigenvalue weighted by Gasteiger charge is -2.29. The molecular formula is C21H21Cl2N3O2. The molecule has 0 aromatic heterocycles. The van der Waals surface area contributed by atoms with Crippen LogP contribution < -0.4 is 16.0 Å². The van der Waals surface area contributed by atoms with Crippen LogP contribution in [0.3, 0.4) is 0 Å². The Kier molecular flexibility index (Phi) is 5.96. The Morgan fingerprint density at radius 3 is 2.54 bits per heavy atom. The van der Waals surface area contributed by atoms with Crippen LogP contribution in [0.25, 0.3) is 0 Å². The molecule has 0 saturated carbocycles. The highest BCUT2D eigenvalue weighted by Gasteiger charge is 2.33. The second kappa shape index (κ2) is 8.25. The first-order chi connectivity index (χ1) is 13.3. The standard InChI is InChI=1S/C21H21Cl2N3O2/c1-11(2)13-7-4-5-10-16(13)25-20(27)17-12(3)24-21(28)26-19(17)14-8-6-9-15(22)18(14)23/h4-11,19H,1-3H3,(H,25,27)(H2,24,26,28)/t19-/m0/s1. The Hall–Kier alpha value is -2.50. The van der Waals surface area contributed by atoms with E-state index in [0.717, 1.165) is 11.3 Å². The third-order valence-electron chi connectivity index (χ3n) is 4.64. The number of hydrogen-bond acceptors (Lipinski definition) is 2. The maximum Gasteiger partial charge on any atom is 0.319 e. The molecule has 2 aromatic rings. The Bertz CT molecular complexity index is 970. The summed E-state index contributed by atoms with van der Waals surface area (Å²) in [7, 11) is 0. The van der Waals surface area contributed by atoms with Crippen LogP contribution in [-0.2, 0) is 4.79 Å². The Morgan fingerprint density at radius 1 is 1.11 bits per heavy atom. The molecule has 3 N–H and O–H groups in total. The van der Waals surface area contributed by atoms with Crippen molar-refractivity contribution in [3.63, 3.8) is 0 Å². The smallest absolute Gasteiger partial charge is 0.319 e. The number of rotatable bonds is 4. The summed E-state index contributed by atoms with van der Waals surface area (Å²) in [4.78, 5) is 25.3. The second-order valence-electron chi connectivity index (χ2n) is 6.91. The van der Waals surface area contributed by atoms with Crippen molar-refractivity contribution < 1.29 is 9.59 Å². The number of benzene rings is 2. The molecule has 0 radical (unpaired) electrons. The fraction of sp³-hybridized carbons (Fsp3) is 0.238. The highest BCUT2D eigenvalue weighted by molar-refractivity contribution is 6.42. The van der Waals surface area contributed by atoms with Gasteiger partial charge in [0.15, 0.2) is 0 Å². The van der Waals surface area contributed by atoms with E-state index in [9.17, 15) is 9.59 Å². The molecule has 0 fully saturated rings. The normalized spacial score (nSPS) is 16.6. The monoisotopic (exact) mass is 417 g/mol. The van der Waals surface area contributed by atoms with Gasteiger partial charge < -0.3 is 16.0 Å². The molecule has 2 aromatic carbocycles. The van der Waals surface area contributed by atoms with Gasteiger partial charge in [0.05, 0.1) is 21.7 Å². The predicted molar refractivity (Wildman–Crippen MR) is 113 cm³/mol. The third-order valence-corrected chi connectivity index (χ3v) is 5.47. The van der Waals surface area contributed by atoms with E-state index in [2.05, 4.69) is 29.8 Å². The summed E-state index contributed by atoms with van der Waals surface area (Å²) in [5.41, 5.74) is 3.16. The molecule has 28 heavy (non-hydrogen) atoms. The molecule has 0 saturated heterocycles. The quantitative estimate of drug-likeness (QED) is 0.624. The van der Waals surface area contributed by atoms with Crippen molar-refractivity contribution in [2.45, 2.75) is 32.7 Å². The van der Waals surface area contributed by atoms with Gasteiger partial charge in [0.1, 0.15) is 0 Å². The van der Waals surface area contributed by atoms with E-state index in [1.165, 1.54) is 0 Å². The number of carbonyl (C=O) groups excluding carboxylic acids is 2. The molecule has 3 amide bonds. The van der Waals surface area contributed by atoms with Gasteiger partial charge in [-0.2, -0.15) is 0 Å². The van der Waals surface area contributed by atoms with Crippen LogP contribution in [0.4, 0.5) is 10.5 Å². The van der Waals surface area contributed by atoms with Gasteiger partial charge in [0.25, 0.3) is 5.91 Å². The topological polar surface area (TPSA) is 70.2 Å². The van der Waals surface area contributed by atoms with Crippen molar-refractivity contribution in [2.24, 2.45) is 0 Å². The Labute approximate surface area is 174 Å². The maximum absolute atomic E-state index is 13.2. The maximum atomic E-state index is 13.2. The number of allylic oxidation sites excluding steroid dienone is 1. The van der Waals surface area contributed by atoms with Crippen LogP contribution in [0.2, 0.25) is 10.0 Å². The van der Waals surface area contributed by atoms with Crippen LogP contribution in [-0.4, -0.2) is 11.9 Å². The molecule has 0 spiro atoms. The second-order valence-corrected chi connectivity index (χ2v) is 7.69. The van der Waals surface area contributed by atoms with E-state index in [1.54, 1.807) is 25.1 Å². The zero-order valence-electron chi connectivity index (χ0n) is 15.8. The number of anilines is 1. The zero-order chi connectivity index (χ0) is 20.4. The number of para-hydroxylation sites is 1. The number of urea groups is 1. The van der Waals surface area contributed by atoms with Crippen molar-refractivity contribution in [1.82, 2.24) is 10.6 Å². The molecular weight excluding hydrogens is 397 g/mol. The van der Waals surface area contributed by atoms with Gasteiger partial charge in [-0.1, -0.05) is 67.4 Å². The minimum atomic E-state index is -0.717. The summed E-state index contributed by atoms with van der Waals surface area (Å²) in [6, 6.07) is 11.7. The average Bonchev–Trinajstić information content (AvgIpc) is 2.63. The SMILES string of the molecule is CC1=C(C(=O)Nc2ccccc2C(C)C)[C@H](c2cccc(Cl)c2Cl)NC(=O)N1. The van der Waals surface area contributed by atoms with Gasteiger partial charge in [0.2, 0.25) is 0 Å². The first-order valence-corrected chi connectivity index (χ1v) is 9.67. The summed E-state index contributed by atoms with van der Waals surface area (Å²) in [6.45, 7) is 5.81. The van der Waals surface area contributed by atoms with E-state index in [1.807, 2.05) is 24.3 Å². The Morgan fingerprint density at radius 2 is 1.82 bits per heavy atom. The highest BCUT2D eigenvalue weighted by Crippen LogP contribution is 2.36. The third kappa shape index (κ3) is 4.01. The Balaban J connectivity index is 2.02. The molecule has 0 aliphatic carbocycles. The van der Waals surface area contributed by atoms with Gasteiger partial charge >= 0.3 is 6.03 Å². The van der Waals surface area contributed by atoms with Crippen LogP contribution in [0, 0.1) is 0 Å². The van der Waals surface area contributed by atoms with Crippen LogP contribution >= 0.6 is 23.2 Å². The molecule has 3 rings (SSSR count). The largest absolute Gasteiger partial charge is 0.327 e. The van der Waals surface area contributed by atoms with Crippen molar-refractivity contribution >= 4 is 40.8 Å². The van der Waals surface area contributed by atoms with E-state index in [0.29, 0.717) is 26.9 Å². The van der Waals surface area contributed by atoms with Crippen molar-refractivity contribution in [2.75, 3.05) is 5.32 Å². The summed E-state index contributed by atoms with van der Waals surface area (Å²) < 4.78 is 0. The van der Waals surface area contributed by atoms with Crippen molar-refractivity contribution in [3.05, 3.63) is 74.9 Å². The van der Waals surface area contributed by atoms with Gasteiger partial charge in [-0.15, -0.1) is 0 Å². The van der Waals surface area contributed by atoms with Crippen LogP contribution in [0.5, 0.6) is 0 Å². The first kappa shape index (κ1) is 20.2. The lowest BCUT2D eigenvalue weighted by atomic mass is 9.94. The summed E-state index contributed by atoms with van der Waals surface area (Å²) in [6.07, 6.45) is 0. The van der Waals surface area contributed by atoms with E-state index in [4.69, 9.17) is 23.2 Å². The van der Waals surface area contributed by atoms with Gasteiger partial charge in [0, 0.05) is 11.4 Å². The zero-order valence-corrected chi connectivity index (χ0v) is 17.3. The molecule has 5 nitrogen and oxygen atoms in total. The minimum Gasteiger partial charge on any atom is -0.327 e. The highest BCUT2D eigenvalue weighted by atomic mass is 35.5. The van der Waals surface area contributed by atoms with Crippen LogP contribution in [0.1, 0.15) is 43.9 Å².